The molecule has 0 aliphatic rings. The van der Waals surface area contributed by atoms with Crippen molar-refractivity contribution in [2.45, 2.75) is 12.6 Å². The first-order valence-electron chi connectivity index (χ1n) is 5.79. The summed E-state index contributed by atoms with van der Waals surface area (Å²) in [4.78, 5) is 0. The molecule has 1 aromatic carbocycles. The number of nitrogens with zero attached hydrogens (tertiary/aromatic N) is 1. The Morgan fingerprint density at radius 1 is 1.30 bits per heavy atom. The van der Waals surface area contributed by atoms with Crippen molar-refractivity contribution in [2.24, 2.45) is 5.73 Å². The van der Waals surface area contributed by atoms with Gasteiger partial charge in [0.05, 0.1) is 11.3 Å². The lowest BCUT2D eigenvalue weighted by Crippen LogP contribution is -2.34. The van der Waals surface area contributed by atoms with Crippen molar-refractivity contribution in [1.82, 2.24) is 4.31 Å². The lowest BCUT2D eigenvalue weighted by molar-refractivity contribution is -0.136. The van der Waals surface area contributed by atoms with Crippen molar-refractivity contribution in [3.63, 3.8) is 0 Å². The van der Waals surface area contributed by atoms with Crippen molar-refractivity contribution in [3.05, 3.63) is 29.8 Å². The van der Waals surface area contributed by atoms with Gasteiger partial charge in [0, 0.05) is 13.6 Å². The summed E-state index contributed by atoms with van der Waals surface area (Å²) in [6.07, 6.45) is -4.22. The van der Waals surface area contributed by atoms with Crippen LogP contribution in [0.1, 0.15) is 12.0 Å². The minimum absolute atomic E-state index is 0.125. The van der Waals surface area contributed by atoms with Crippen molar-refractivity contribution >= 4 is 15.9 Å². The average molecular weight is 311 g/mol. The number of hydrogen-bond donors (Lipinski definition) is 2. The van der Waals surface area contributed by atoms with E-state index in [9.17, 15) is 21.6 Å². The number of halogens is 3. The summed E-state index contributed by atoms with van der Waals surface area (Å²) >= 11 is 0. The van der Waals surface area contributed by atoms with Crippen LogP contribution in [0, 0.1) is 0 Å². The summed E-state index contributed by atoms with van der Waals surface area (Å²) in [5.74, 6) is 0. The van der Waals surface area contributed by atoms with Crippen LogP contribution < -0.4 is 10.5 Å². The molecule has 0 heterocycles. The molecule has 0 amide bonds. The molecule has 0 aliphatic heterocycles. The number of anilines is 1. The standard InChI is InChI=1S/C11H16F3N3O2S/c1-17(8-4-7-15)20(18,19)16-10-6-3-2-5-9(10)11(12,13)14/h2-3,5-6,16H,4,7-8,15H2,1H3. The summed E-state index contributed by atoms with van der Waals surface area (Å²) in [6.45, 7) is 0.416. The number of rotatable bonds is 6. The van der Waals surface area contributed by atoms with Crippen molar-refractivity contribution < 1.29 is 21.6 Å². The van der Waals surface area contributed by atoms with Gasteiger partial charge in [-0.15, -0.1) is 0 Å². The predicted molar refractivity (Wildman–Crippen MR) is 70.3 cm³/mol. The molecule has 0 aromatic heterocycles. The van der Waals surface area contributed by atoms with E-state index in [2.05, 4.69) is 0 Å². The summed E-state index contributed by atoms with van der Waals surface area (Å²) < 4.78 is 64.9. The van der Waals surface area contributed by atoms with E-state index in [-0.39, 0.29) is 6.54 Å². The summed E-state index contributed by atoms with van der Waals surface area (Å²) in [5.41, 5.74) is 3.73. The fraction of sp³-hybridized carbons (Fsp3) is 0.455. The molecule has 114 valence electrons. The van der Waals surface area contributed by atoms with E-state index < -0.39 is 27.6 Å². The van der Waals surface area contributed by atoms with Crippen LogP contribution in [0.5, 0.6) is 0 Å². The molecule has 9 heteroatoms. The van der Waals surface area contributed by atoms with Crippen LogP contribution >= 0.6 is 0 Å². The fourth-order valence-electron chi connectivity index (χ4n) is 1.47. The van der Waals surface area contributed by atoms with Gasteiger partial charge in [0.25, 0.3) is 0 Å². The molecule has 5 nitrogen and oxygen atoms in total. The molecule has 0 fully saturated rings. The molecule has 0 saturated heterocycles. The molecule has 0 atom stereocenters. The fourth-order valence-corrected chi connectivity index (χ4v) is 2.45. The lowest BCUT2D eigenvalue weighted by Gasteiger charge is -2.20. The maximum Gasteiger partial charge on any atom is 0.418 e. The van der Waals surface area contributed by atoms with Gasteiger partial charge in [-0.3, -0.25) is 4.72 Å². The van der Waals surface area contributed by atoms with Crippen LogP contribution in [0.3, 0.4) is 0 Å². The van der Waals surface area contributed by atoms with Gasteiger partial charge < -0.3 is 5.73 Å². The molecule has 0 bridgehead atoms. The molecular formula is C11H16F3N3O2S. The maximum absolute atomic E-state index is 12.8. The zero-order valence-corrected chi connectivity index (χ0v) is 11.6. The van der Waals surface area contributed by atoms with Crippen LogP contribution in [-0.2, 0) is 16.4 Å². The van der Waals surface area contributed by atoms with Crippen LogP contribution in [0.2, 0.25) is 0 Å². The van der Waals surface area contributed by atoms with Gasteiger partial charge in [0.2, 0.25) is 0 Å². The Kier molecular flexibility index (Phi) is 5.37. The van der Waals surface area contributed by atoms with Gasteiger partial charge in [-0.25, -0.2) is 0 Å². The second-order valence-electron chi connectivity index (χ2n) is 4.11. The Balaban J connectivity index is 2.99. The van der Waals surface area contributed by atoms with Crippen molar-refractivity contribution in [1.29, 1.82) is 0 Å². The third kappa shape index (κ3) is 4.36. The van der Waals surface area contributed by atoms with Gasteiger partial charge in [-0.1, -0.05) is 12.1 Å². The largest absolute Gasteiger partial charge is 0.418 e. The molecule has 0 unspecified atom stereocenters. The van der Waals surface area contributed by atoms with Gasteiger partial charge >= 0.3 is 16.4 Å². The van der Waals surface area contributed by atoms with Gasteiger partial charge in [0.1, 0.15) is 0 Å². The normalized spacial score (nSPS) is 12.7. The Morgan fingerprint density at radius 3 is 2.45 bits per heavy atom. The first-order valence-corrected chi connectivity index (χ1v) is 7.23. The molecule has 0 spiro atoms. The van der Waals surface area contributed by atoms with Crippen molar-refractivity contribution in [2.75, 3.05) is 24.9 Å². The zero-order valence-electron chi connectivity index (χ0n) is 10.8. The number of nitrogens with one attached hydrogen (secondary N) is 1. The topological polar surface area (TPSA) is 75.4 Å². The highest BCUT2D eigenvalue weighted by molar-refractivity contribution is 7.90. The number of hydrogen-bond acceptors (Lipinski definition) is 3. The third-order valence-corrected chi connectivity index (χ3v) is 4.04. The molecule has 20 heavy (non-hydrogen) atoms. The smallest absolute Gasteiger partial charge is 0.330 e. The summed E-state index contributed by atoms with van der Waals surface area (Å²) in [5, 5.41) is 0. The monoisotopic (exact) mass is 311 g/mol. The SMILES string of the molecule is CN(CCCN)S(=O)(=O)Nc1ccccc1C(F)(F)F. The third-order valence-electron chi connectivity index (χ3n) is 2.56. The van der Waals surface area contributed by atoms with E-state index in [0.717, 1.165) is 16.4 Å². The maximum atomic E-state index is 12.8. The van der Waals surface area contributed by atoms with Crippen molar-refractivity contribution in [3.8, 4) is 0 Å². The first kappa shape index (κ1) is 16.7. The van der Waals surface area contributed by atoms with Gasteiger partial charge in [-0.05, 0) is 25.1 Å². The second-order valence-corrected chi connectivity index (χ2v) is 5.89. The van der Waals surface area contributed by atoms with Crippen LogP contribution in [-0.4, -0.2) is 32.9 Å². The molecule has 1 rings (SSSR count). The highest BCUT2D eigenvalue weighted by Crippen LogP contribution is 2.35. The van der Waals surface area contributed by atoms with E-state index in [0.29, 0.717) is 13.0 Å². The number of nitrogens with two attached hydrogens (primary N) is 1. The lowest BCUT2D eigenvalue weighted by atomic mass is 10.2. The Bertz CT molecular complexity index is 546. The summed E-state index contributed by atoms with van der Waals surface area (Å²) in [6, 6.07) is 4.40. The van der Waals surface area contributed by atoms with Crippen LogP contribution in [0.15, 0.2) is 24.3 Å². The van der Waals surface area contributed by atoms with Crippen LogP contribution in [0.4, 0.5) is 18.9 Å². The highest BCUT2D eigenvalue weighted by Gasteiger charge is 2.34. The highest BCUT2D eigenvalue weighted by atomic mass is 32.2. The minimum Gasteiger partial charge on any atom is -0.330 e. The quantitative estimate of drug-likeness (QED) is 0.838. The first-order chi connectivity index (χ1) is 9.18. The minimum atomic E-state index is -4.63. The number of para-hydroxylation sites is 1. The molecular weight excluding hydrogens is 295 g/mol. The van der Waals surface area contributed by atoms with Gasteiger partial charge in [-0.2, -0.15) is 25.9 Å². The molecule has 0 radical (unpaired) electrons. The van der Waals surface area contributed by atoms with E-state index in [4.69, 9.17) is 5.73 Å². The molecule has 0 aliphatic carbocycles. The molecule has 1 aromatic rings. The Labute approximate surface area is 115 Å². The second kappa shape index (κ2) is 6.42. The summed E-state index contributed by atoms with van der Waals surface area (Å²) in [7, 11) is -2.77. The van der Waals surface area contributed by atoms with Gasteiger partial charge in [0.15, 0.2) is 0 Å². The van der Waals surface area contributed by atoms with E-state index in [1.165, 1.54) is 19.2 Å². The Morgan fingerprint density at radius 2 is 1.90 bits per heavy atom. The molecule has 3 N–H and O–H groups in total. The molecule has 0 saturated carbocycles. The van der Waals surface area contributed by atoms with Crippen LogP contribution in [0.25, 0.3) is 0 Å². The zero-order chi connectivity index (χ0) is 15.4. The van der Waals surface area contributed by atoms with E-state index in [1.54, 1.807) is 0 Å². The van der Waals surface area contributed by atoms with E-state index in [1.807, 2.05) is 4.72 Å². The number of benzene rings is 1. The average Bonchev–Trinajstić information content (AvgIpc) is 2.34. The van der Waals surface area contributed by atoms with E-state index >= 15 is 0 Å². The number of alkyl halides is 3. The Hall–Kier alpha value is -1.32. The predicted octanol–water partition coefficient (Wildman–Crippen LogP) is 1.64.